The van der Waals surface area contributed by atoms with Crippen molar-refractivity contribution in [3.05, 3.63) is 28.2 Å². The molecule has 106 valence electrons. The number of hydrogen-bond acceptors (Lipinski definition) is 3. The maximum atomic E-state index is 12.4. The highest BCUT2D eigenvalue weighted by Crippen LogP contribution is 2.29. The van der Waals surface area contributed by atoms with Crippen LogP contribution in [0.3, 0.4) is 0 Å². The van der Waals surface area contributed by atoms with Gasteiger partial charge in [0.2, 0.25) is 0 Å². The van der Waals surface area contributed by atoms with Crippen LogP contribution in [0.25, 0.3) is 0 Å². The second kappa shape index (κ2) is 6.14. The first-order valence-corrected chi connectivity index (χ1v) is 6.17. The fourth-order valence-electron chi connectivity index (χ4n) is 1.56. The van der Waals surface area contributed by atoms with Gasteiger partial charge in [-0.05, 0) is 41.1 Å². The molecule has 0 radical (unpaired) electrons. The van der Waals surface area contributed by atoms with Gasteiger partial charge in [0, 0.05) is 16.6 Å². The van der Waals surface area contributed by atoms with Crippen LogP contribution in [-0.4, -0.2) is 30.3 Å². The van der Waals surface area contributed by atoms with Crippen molar-refractivity contribution in [1.82, 2.24) is 0 Å². The third-order valence-corrected chi connectivity index (χ3v) is 3.08. The molecular weight excluding hydrogens is 327 g/mol. The molecular formula is C11H13BrF3N3O. The van der Waals surface area contributed by atoms with E-state index in [0.29, 0.717) is 15.7 Å². The van der Waals surface area contributed by atoms with Gasteiger partial charge in [-0.3, -0.25) is 0 Å². The number of rotatable bonds is 4. The first kappa shape index (κ1) is 15.6. The Labute approximate surface area is 116 Å². The first-order chi connectivity index (χ1) is 8.78. The molecule has 0 saturated carbocycles. The number of amidine groups is 1. The van der Waals surface area contributed by atoms with E-state index in [1.165, 1.54) is 23.1 Å². The Kier molecular flexibility index (Phi) is 5.04. The zero-order valence-corrected chi connectivity index (χ0v) is 11.7. The lowest BCUT2D eigenvalue weighted by atomic mass is 10.2. The summed E-state index contributed by atoms with van der Waals surface area (Å²) >= 11 is 3.19. The quantitative estimate of drug-likeness (QED) is 0.383. The topological polar surface area (TPSA) is 61.8 Å². The van der Waals surface area contributed by atoms with Gasteiger partial charge < -0.3 is 15.8 Å². The number of hydrogen-bond donors (Lipinski definition) is 2. The number of nitrogens with zero attached hydrogens (tertiary/aromatic N) is 2. The molecule has 8 heteroatoms. The molecule has 0 atom stereocenters. The summed E-state index contributed by atoms with van der Waals surface area (Å²) in [5, 5.41) is 11.4. The number of oxime groups is 1. The smallest absolute Gasteiger partial charge is 0.405 e. The summed E-state index contributed by atoms with van der Waals surface area (Å²) in [7, 11) is 0. The fraction of sp³-hybridized carbons (Fsp3) is 0.364. The Morgan fingerprint density at radius 1 is 1.47 bits per heavy atom. The van der Waals surface area contributed by atoms with Crippen molar-refractivity contribution >= 4 is 27.5 Å². The highest BCUT2D eigenvalue weighted by molar-refractivity contribution is 9.10. The molecule has 0 saturated heterocycles. The molecule has 0 fully saturated rings. The van der Waals surface area contributed by atoms with Gasteiger partial charge >= 0.3 is 6.18 Å². The maximum absolute atomic E-state index is 12.4. The predicted octanol–water partition coefficient (Wildman–Crippen LogP) is 2.93. The largest absolute Gasteiger partial charge is 0.409 e. The molecule has 0 aromatic heterocycles. The van der Waals surface area contributed by atoms with Crippen molar-refractivity contribution < 1.29 is 18.4 Å². The molecule has 0 aliphatic heterocycles. The Morgan fingerprint density at radius 2 is 2.11 bits per heavy atom. The van der Waals surface area contributed by atoms with Crippen molar-refractivity contribution in [1.29, 1.82) is 0 Å². The first-order valence-electron chi connectivity index (χ1n) is 5.37. The Morgan fingerprint density at radius 3 is 2.53 bits per heavy atom. The van der Waals surface area contributed by atoms with E-state index in [4.69, 9.17) is 10.9 Å². The number of halogens is 4. The molecule has 0 amide bonds. The normalized spacial score (nSPS) is 12.6. The predicted molar refractivity (Wildman–Crippen MR) is 70.6 cm³/mol. The number of alkyl halides is 3. The minimum Gasteiger partial charge on any atom is -0.409 e. The molecule has 1 aromatic carbocycles. The van der Waals surface area contributed by atoms with Gasteiger partial charge in [-0.15, -0.1) is 0 Å². The molecule has 1 rings (SSSR count). The highest BCUT2D eigenvalue weighted by Gasteiger charge is 2.30. The molecule has 4 nitrogen and oxygen atoms in total. The van der Waals surface area contributed by atoms with Crippen molar-refractivity contribution in [3.8, 4) is 0 Å². The summed E-state index contributed by atoms with van der Waals surface area (Å²) in [6.07, 6.45) is -4.28. The average molecular weight is 340 g/mol. The number of benzene rings is 1. The van der Waals surface area contributed by atoms with E-state index in [2.05, 4.69) is 21.1 Å². The summed E-state index contributed by atoms with van der Waals surface area (Å²) < 4.78 is 37.8. The Bertz CT molecular complexity index is 477. The van der Waals surface area contributed by atoms with Gasteiger partial charge in [-0.2, -0.15) is 13.2 Å². The van der Waals surface area contributed by atoms with Gasteiger partial charge in [0.15, 0.2) is 5.84 Å². The third kappa shape index (κ3) is 4.30. The maximum Gasteiger partial charge on any atom is 0.405 e. The van der Waals surface area contributed by atoms with Crippen LogP contribution in [0.2, 0.25) is 0 Å². The van der Waals surface area contributed by atoms with Gasteiger partial charge in [0.25, 0.3) is 0 Å². The molecule has 3 N–H and O–H groups in total. The van der Waals surface area contributed by atoms with E-state index in [-0.39, 0.29) is 12.4 Å². The van der Waals surface area contributed by atoms with Crippen molar-refractivity contribution in [3.63, 3.8) is 0 Å². The number of nitrogens with two attached hydrogens (primary N) is 1. The average Bonchev–Trinajstić information content (AvgIpc) is 2.34. The van der Waals surface area contributed by atoms with E-state index in [9.17, 15) is 13.2 Å². The summed E-state index contributed by atoms with van der Waals surface area (Å²) in [5.74, 6) is -0.105. The van der Waals surface area contributed by atoms with Crippen LogP contribution in [-0.2, 0) is 0 Å². The van der Waals surface area contributed by atoms with E-state index in [1.54, 1.807) is 6.92 Å². The second-order valence-corrected chi connectivity index (χ2v) is 4.64. The van der Waals surface area contributed by atoms with Gasteiger partial charge in [0.1, 0.15) is 6.54 Å². The molecule has 19 heavy (non-hydrogen) atoms. The van der Waals surface area contributed by atoms with Crippen LogP contribution in [0.1, 0.15) is 12.5 Å². The summed E-state index contributed by atoms with van der Waals surface area (Å²) in [4.78, 5) is 1.18. The zero-order valence-electron chi connectivity index (χ0n) is 10.1. The summed E-state index contributed by atoms with van der Waals surface area (Å²) in [6.45, 7) is 0.807. The van der Waals surface area contributed by atoms with E-state index in [1.807, 2.05) is 0 Å². The van der Waals surface area contributed by atoms with Crippen LogP contribution in [0.4, 0.5) is 18.9 Å². The molecule has 0 bridgehead atoms. The van der Waals surface area contributed by atoms with Crippen LogP contribution in [0.15, 0.2) is 27.8 Å². The highest BCUT2D eigenvalue weighted by atomic mass is 79.9. The van der Waals surface area contributed by atoms with E-state index < -0.39 is 12.7 Å². The lowest BCUT2D eigenvalue weighted by Crippen LogP contribution is -2.34. The van der Waals surface area contributed by atoms with Crippen LogP contribution < -0.4 is 10.6 Å². The van der Waals surface area contributed by atoms with Gasteiger partial charge in [0.05, 0.1) is 5.69 Å². The molecule has 0 aliphatic rings. The lowest BCUT2D eigenvalue weighted by Gasteiger charge is -2.25. The van der Waals surface area contributed by atoms with E-state index in [0.717, 1.165) is 0 Å². The Hall–Kier alpha value is -1.44. The van der Waals surface area contributed by atoms with Gasteiger partial charge in [-0.1, -0.05) is 5.16 Å². The second-order valence-electron chi connectivity index (χ2n) is 3.78. The molecule has 0 heterocycles. The third-order valence-electron chi connectivity index (χ3n) is 2.44. The molecule has 1 aromatic rings. The Balaban J connectivity index is 3.07. The van der Waals surface area contributed by atoms with Gasteiger partial charge in [-0.25, -0.2) is 0 Å². The standard InChI is InChI=1S/C11H13BrF3N3O/c1-2-18(6-11(13,14)15)9-4-3-7(5-8(9)12)10(16)17-19/h3-5,19H,2,6H2,1H3,(H2,16,17). The minimum atomic E-state index is -4.28. The SMILES string of the molecule is CCN(CC(F)(F)F)c1ccc(/C(N)=N/O)cc1Br. The molecule has 0 spiro atoms. The van der Waals surface area contributed by atoms with Crippen molar-refractivity contribution in [2.45, 2.75) is 13.1 Å². The summed E-state index contributed by atoms with van der Waals surface area (Å²) in [5.41, 5.74) is 6.22. The van der Waals surface area contributed by atoms with E-state index >= 15 is 0 Å². The minimum absolute atomic E-state index is 0.105. The summed E-state index contributed by atoms with van der Waals surface area (Å²) in [6, 6.07) is 4.49. The van der Waals surface area contributed by atoms with Crippen LogP contribution in [0.5, 0.6) is 0 Å². The zero-order chi connectivity index (χ0) is 14.6. The number of anilines is 1. The monoisotopic (exact) mass is 339 g/mol. The fourth-order valence-corrected chi connectivity index (χ4v) is 2.19. The lowest BCUT2D eigenvalue weighted by molar-refractivity contribution is -0.119. The van der Waals surface area contributed by atoms with Crippen LogP contribution in [0, 0.1) is 0 Å². The molecule has 0 unspecified atom stereocenters. The van der Waals surface area contributed by atoms with Crippen LogP contribution >= 0.6 is 15.9 Å². The van der Waals surface area contributed by atoms with Crippen molar-refractivity contribution in [2.24, 2.45) is 10.9 Å². The molecule has 0 aliphatic carbocycles. The van der Waals surface area contributed by atoms with Crippen molar-refractivity contribution in [2.75, 3.05) is 18.0 Å².